The minimum atomic E-state index is 0.0331. The van der Waals surface area contributed by atoms with Crippen molar-refractivity contribution in [3.8, 4) is 5.75 Å². The molecule has 3 heteroatoms. The van der Waals surface area contributed by atoms with Crippen molar-refractivity contribution in [2.75, 3.05) is 7.11 Å². The third-order valence-electron chi connectivity index (χ3n) is 2.21. The van der Waals surface area contributed by atoms with E-state index in [0.29, 0.717) is 0 Å². The lowest BCUT2D eigenvalue weighted by Crippen LogP contribution is -1.89. The fourth-order valence-corrected chi connectivity index (χ4v) is 1.45. The van der Waals surface area contributed by atoms with Crippen LogP contribution >= 0.6 is 0 Å². The summed E-state index contributed by atoms with van der Waals surface area (Å²) in [6.45, 7) is 0.0331. The number of benzene rings is 1. The van der Waals surface area contributed by atoms with Crippen LogP contribution < -0.4 is 4.74 Å². The van der Waals surface area contributed by atoms with Gasteiger partial charge in [-0.2, -0.15) is 0 Å². The van der Waals surface area contributed by atoms with Crippen LogP contribution in [-0.4, -0.2) is 17.2 Å². The third kappa shape index (κ3) is 1.42. The van der Waals surface area contributed by atoms with Gasteiger partial charge in [0.25, 0.3) is 0 Å². The van der Waals surface area contributed by atoms with Gasteiger partial charge in [-0.3, -0.25) is 4.98 Å². The van der Waals surface area contributed by atoms with Gasteiger partial charge in [-0.05, 0) is 23.8 Å². The number of ether oxygens (including phenoxy) is 1. The van der Waals surface area contributed by atoms with E-state index >= 15 is 0 Å². The van der Waals surface area contributed by atoms with Crippen LogP contribution in [0.3, 0.4) is 0 Å². The van der Waals surface area contributed by atoms with Crippen LogP contribution in [0.5, 0.6) is 5.75 Å². The fourth-order valence-electron chi connectivity index (χ4n) is 1.45. The smallest absolute Gasteiger partial charge is 0.121 e. The molecule has 1 aromatic carbocycles. The number of hydrogen-bond donors (Lipinski definition) is 1. The van der Waals surface area contributed by atoms with E-state index in [1.807, 2.05) is 24.3 Å². The van der Waals surface area contributed by atoms with Crippen LogP contribution in [0.1, 0.15) is 5.56 Å². The van der Waals surface area contributed by atoms with Crippen molar-refractivity contribution in [3.63, 3.8) is 0 Å². The molecule has 0 bridgehead atoms. The molecule has 0 amide bonds. The fraction of sp³-hybridized carbons (Fsp3) is 0.182. The maximum absolute atomic E-state index is 9.10. The van der Waals surface area contributed by atoms with Crippen LogP contribution in [0, 0.1) is 0 Å². The summed E-state index contributed by atoms with van der Waals surface area (Å²) in [6, 6.07) is 7.44. The molecule has 1 N–H and O–H groups in total. The zero-order valence-electron chi connectivity index (χ0n) is 7.90. The highest BCUT2D eigenvalue weighted by atomic mass is 16.5. The molecule has 0 unspecified atom stereocenters. The first-order chi connectivity index (χ1) is 6.85. The van der Waals surface area contributed by atoms with Gasteiger partial charge in [0.2, 0.25) is 0 Å². The standard InChI is InChI=1S/C11H11NO2/c1-14-9-2-3-10-8(7-13)4-5-12-11(10)6-9/h2-6,13H,7H2,1H3. The van der Waals surface area contributed by atoms with Crippen LogP contribution in [0.25, 0.3) is 10.9 Å². The Morgan fingerprint density at radius 1 is 1.36 bits per heavy atom. The summed E-state index contributed by atoms with van der Waals surface area (Å²) in [4.78, 5) is 4.21. The van der Waals surface area contributed by atoms with E-state index in [1.165, 1.54) is 0 Å². The Labute approximate surface area is 82.0 Å². The average molecular weight is 189 g/mol. The molecule has 0 spiro atoms. The minimum Gasteiger partial charge on any atom is -0.497 e. The van der Waals surface area contributed by atoms with Crippen molar-refractivity contribution in [1.29, 1.82) is 0 Å². The Morgan fingerprint density at radius 2 is 2.21 bits per heavy atom. The summed E-state index contributed by atoms with van der Waals surface area (Å²) in [5, 5.41) is 10.1. The highest BCUT2D eigenvalue weighted by Gasteiger charge is 2.01. The normalized spacial score (nSPS) is 10.4. The van der Waals surface area contributed by atoms with Gasteiger partial charge in [0.15, 0.2) is 0 Å². The number of rotatable bonds is 2. The topological polar surface area (TPSA) is 42.4 Å². The lowest BCUT2D eigenvalue weighted by molar-refractivity contribution is 0.283. The number of aliphatic hydroxyl groups excluding tert-OH is 1. The van der Waals surface area contributed by atoms with Crippen molar-refractivity contribution in [3.05, 3.63) is 36.0 Å². The average Bonchev–Trinajstić information content (AvgIpc) is 2.27. The lowest BCUT2D eigenvalue weighted by Gasteiger charge is -2.04. The first kappa shape index (κ1) is 8.97. The van der Waals surface area contributed by atoms with Gasteiger partial charge in [-0.1, -0.05) is 0 Å². The second-order valence-corrected chi connectivity index (χ2v) is 3.01. The van der Waals surface area contributed by atoms with Crippen LogP contribution in [0.15, 0.2) is 30.5 Å². The molecule has 1 heterocycles. The van der Waals surface area contributed by atoms with Gasteiger partial charge in [0.1, 0.15) is 5.75 Å². The Balaban J connectivity index is 2.67. The van der Waals surface area contributed by atoms with Crippen molar-refractivity contribution >= 4 is 10.9 Å². The third-order valence-corrected chi connectivity index (χ3v) is 2.21. The molecule has 0 aliphatic carbocycles. The monoisotopic (exact) mass is 189 g/mol. The van der Waals surface area contributed by atoms with Crippen LogP contribution in [0.2, 0.25) is 0 Å². The number of methoxy groups -OCH3 is 1. The van der Waals surface area contributed by atoms with Gasteiger partial charge < -0.3 is 9.84 Å². The van der Waals surface area contributed by atoms with E-state index < -0.39 is 0 Å². The molecule has 0 saturated carbocycles. The van der Waals surface area contributed by atoms with Gasteiger partial charge in [-0.25, -0.2) is 0 Å². The molecule has 0 saturated heterocycles. The SMILES string of the molecule is COc1ccc2c(CO)ccnc2c1. The highest BCUT2D eigenvalue weighted by Crippen LogP contribution is 2.21. The predicted molar refractivity (Wildman–Crippen MR) is 54.2 cm³/mol. The van der Waals surface area contributed by atoms with Crippen molar-refractivity contribution in [2.24, 2.45) is 0 Å². The number of fused-ring (bicyclic) bond motifs is 1. The molecule has 0 atom stereocenters. The molecular formula is C11H11NO2. The van der Waals surface area contributed by atoms with Gasteiger partial charge >= 0.3 is 0 Å². The number of pyridine rings is 1. The predicted octanol–water partition coefficient (Wildman–Crippen LogP) is 1.74. The summed E-state index contributed by atoms with van der Waals surface area (Å²) < 4.78 is 5.09. The summed E-state index contributed by atoms with van der Waals surface area (Å²) >= 11 is 0. The Hall–Kier alpha value is -1.61. The van der Waals surface area contributed by atoms with Gasteiger partial charge in [0, 0.05) is 17.6 Å². The minimum absolute atomic E-state index is 0.0331. The maximum Gasteiger partial charge on any atom is 0.121 e. The molecular weight excluding hydrogens is 178 g/mol. The first-order valence-corrected chi connectivity index (χ1v) is 4.37. The number of aromatic nitrogens is 1. The zero-order valence-corrected chi connectivity index (χ0v) is 7.90. The van der Waals surface area contributed by atoms with E-state index in [-0.39, 0.29) is 6.61 Å². The van der Waals surface area contributed by atoms with Crippen molar-refractivity contribution in [2.45, 2.75) is 6.61 Å². The summed E-state index contributed by atoms with van der Waals surface area (Å²) in [5.74, 6) is 0.778. The zero-order chi connectivity index (χ0) is 9.97. The second kappa shape index (κ2) is 3.64. The maximum atomic E-state index is 9.10. The first-order valence-electron chi connectivity index (χ1n) is 4.37. The quantitative estimate of drug-likeness (QED) is 0.782. The van der Waals surface area contributed by atoms with Crippen molar-refractivity contribution in [1.82, 2.24) is 4.98 Å². The number of hydrogen-bond acceptors (Lipinski definition) is 3. The Bertz CT molecular complexity index is 454. The molecule has 2 rings (SSSR count). The van der Waals surface area contributed by atoms with Crippen LogP contribution in [0.4, 0.5) is 0 Å². The Morgan fingerprint density at radius 3 is 2.93 bits per heavy atom. The highest BCUT2D eigenvalue weighted by molar-refractivity contribution is 5.83. The molecule has 0 aliphatic rings. The summed E-state index contributed by atoms with van der Waals surface area (Å²) in [7, 11) is 1.62. The molecule has 0 fully saturated rings. The largest absolute Gasteiger partial charge is 0.497 e. The van der Waals surface area contributed by atoms with E-state index in [9.17, 15) is 0 Å². The molecule has 72 valence electrons. The molecule has 0 aliphatic heterocycles. The summed E-state index contributed by atoms with van der Waals surface area (Å²) in [6.07, 6.45) is 1.69. The second-order valence-electron chi connectivity index (χ2n) is 3.01. The molecule has 1 aromatic heterocycles. The lowest BCUT2D eigenvalue weighted by atomic mass is 10.1. The summed E-state index contributed by atoms with van der Waals surface area (Å²) in [5.41, 5.74) is 1.73. The van der Waals surface area contributed by atoms with Crippen LogP contribution in [-0.2, 0) is 6.61 Å². The van der Waals surface area contributed by atoms with E-state index in [1.54, 1.807) is 13.3 Å². The molecule has 0 radical (unpaired) electrons. The molecule has 3 nitrogen and oxygen atoms in total. The van der Waals surface area contributed by atoms with Gasteiger partial charge in [-0.15, -0.1) is 0 Å². The Kier molecular flexibility index (Phi) is 2.33. The number of nitrogens with zero attached hydrogens (tertiary/aromatic N) is 1. The van der Waals surface area contributed by atoms with E-state index in [2.05, 4.69) is 4.98 Å². The number of aliphatic hydroxyl groups is 1. The van der Waals surface area contributed by atoms with E-state index in [0.717, 1.165) is 22.2 Å². The van der Waals surface area contributed by atoms with E-state index in [4.69, 9.17) is 9.84 Å². The molecule has 14 heavy (non-hydrogen) atoms. The van der Waals surface area contributed by atoms with Crippen molar-refractivity contribution < 1.29 is 9.84 Å². The van der Waals surface area contributed by atoms with Gasteiger partial charge in [0.05, 0.1) is 19.2 Å². The molecule has 2 aromatic rings.